The lowest BCUT2D eigenvalue weighted by molar-refractivity contribution is -0.137. The smallest absolute Gasteiger partial charge is 0.343 e. The highest BCUT2D eigenvalue weighted by molar-refractivity contribution is 9.11. The Bertz CT molecular complexity index is 723. The number of nitrogens with zero attached hydrogens (tertiary/aromatic N) is 1. The van der Waals surface area contributed by atoms with Crippen molar-refractivity contribution < 1.29 is 21.6 Å². The summed E-state index contributed by atoms with van der Waals surface area (Å²) in [5.41, 5.74) is -1.06. The largest absolute Gasteiger partial charge is 0.418 e. The highest BCUT2D eigenvalue weighted by Crippen LogP contribution is 2.39. The number of alkyl halides is 3. The van der Waals surface area contributed by atoms with Crippen LogP contribution < -0.4 is 4.90 Å². The van der Waals surface area contributed by atoms with Gasteiger partial charge in [0, 0.05) is 16.9 Å². The molecule has 0 aromatic heterocycles. The van der Waals surface area contributed by atoms with Crippen molar-refractivity contribution in [2.45, 2.75) is 11.1 Å². The van der Waals surface area contributed by atoms with Crippen LogP contribution in [-0.4, -0.2) is 21.2 Å². The zero-order chi connectivity index (χ0) is 15.8. The van der Waals surface area contributed by atoms with Crippen molar-refractivity contribution in [2.75, 3.05) is 17.7 Å². The van der Waals surface area contributed by atoms with Crippen LogP contribution in [0.5, 0.6) is 0 Å². The second-order valence-corrected chi connectivity index (χ2v) is 7.57. The maximum absolute atomic E-state index is 13.2. The van der Waals surface area contributed by atoms with Gasteiger partial charge in [-0.3, -0.25) is 0 Å². The number of hydrogen-bond acceptors (Lipinski definition) is 3. The van der Waals surface area contributed by atoms with Crippen molar-refractivity contribution in [3.8, 4) is 0 Å². The van der Waals surface area contributed by atoms with Gasteiger partial charge in [-0.2, -0.15) is 13.2 Å². The maximum Gasteiger partial charge on any atom is 0.418 e. The minimum absolute atomic E-state index is 0.0869. The number of anilines is 1. The molecule has 1 heterocycles. The molecule has 21 heavy (non-hydrogen) atoms. The fourth-order valence-corrected chi connectivity index (χ4v) is 2.98. The van der Waals surface area contributed by atoms with Crippen molar-refractivity contribution in [3.63, 3.8) is 0 Å². The molecule has 0 aliphatic carbocycles. The SMILES string of the molecule is CS(=O)(=O)c1ccc(N2C=CC=C(Br)C2)c(C(F)(F)F)c1. The van der Waals surface area contributed by atoms with Gasteiger partial charge in [-0.25, -0.2) is 8.42 Å². The van der Waals surface area contributed by atoms with E-state index in [-0.39, 0.29) is 17.1 Å². The molecule has 0 N–H and O–H groups in total. The van der Waals surface area contributed by atoms with E-state index < -0.39 is 21.6 Å². The normalized spacial score (nSPS) is 16.0. The number of hydrogen-bond donors (Lipinski definition) is 0. The molecule has 0 unspecified atom stereocenters. The van der Waals surface area contributed by atoms with Crippen LogP contribution in [-0.2, 0) is 16.0 Å². The number of rotatable bonds is 2. The van der Waals surface area contributed by atoms with Gasteiger partial charge in [-0.05, 0) is 30.4 Å². The molecule has 0 saturated heterocycles. The van der Waals surface area contributed by atoms with Crippen LogP contribution in [0, 0.1) is 0 Å². The Labute approximate surface area is 128 Å². The first kappa shape index (κ1) is 16.1. The topological polar surface area (TPSA) is 37.4 Å². The highest BCUT2D eigenvalue weighted by Gasteiger charge is 2.36. The Kier molecular flexibility index (Phi) is 4.21. The van der Waals surface area contributed by atoms with E-state index in [1.165, 1.54) is 23.2 Å². The first-order valence-corrected chi connectivity index (χ1v) is 8.48. The molecule has 0 bridgehead atoms. The lowest BCUT2D eigenvalue weighted by atomic mass is 10.1. The predicted octanol–water partition coefficient (Wildman–Crippen LogP) is 3.72. The maximum atomic E-state index is 13.2. The minimum Gasteiger partial charge on any atom is -0.343 e. The average Bonchev–Trinajstić information content (AvgIpc) is 2.36. The molecule has 8 heteroatoms. The number of sulfone groups is 1. The van der Waals surface area contributed by atoms with Gasteiger partial charge in [-0.1, -0.05) is 15.9 Å². The molecule has 1 aliphatic heterocycles. The molecule has 0 saturated carbocycles. The molecule has 2 rings (SSSR count). The quantitative estimate of drug-likeness (QED) is 0.783. The fourth-order valence-electron chi connectivity index (χ4n) is 1.91. The van der Waals surface area contributed by atoms with E-state index in [0.717, 1.165) is 10.7 Å². The third-order valence-corrected chi connectivity index (χ3v) is 4.50. The zero-order valence-corrected chi connectivity index (χ0v) is 13.3. The van der Waals surface area contributed by atoms with Crippen molar-refractivity contribution in [1.82, 2.24) is 0 Å². The molecule has 114 valence electrons. The Balaban J connectivity index is 2.57. The summed E-state index contributed by atoms with van der Waals surface area (Å²) in [4.78, 5) is 1.05. The van der Waals surface area contributed by atoms with Crippen LogP contribution in [0.1, 0.15) is 5.56 Å². The van der Waals surface area contributed by atoms with Crippen LogP contribution in [0.15, 0.2) is 45.9 Å². The van der Waals surface area contributed by atoms with Crippen molar-refractivity contribution in [1.29, 1.82) is 0 Å². The first-order chi connectivity index (χ1) is 9.59. The van der Waals surface area contributed by atoms with E-state index in [4.69, 9.17) is 0 Å². The molecule has 1 aliphatic rings. The summed E-state index contributed by atoms with van der Waals surface area (Å²) >= 11 is 3.24. The number of halogens is 4. The van der Waals surface area contributed by atoms with Gasteiger partial charge in [0.25, 0.3) is 0 Å². The van der Waals surface area contributed by atoms with Crippen LogP contribution >= 0.6 is 15.9 Å². The van der Waals surface area contributed by atoms with Crippen LogP contribution in [0.2, 0.25) is 0 Å². The van der Waals surface area contributed by atoms with Gasteiger partial charge in [0.05, 0.1) is 22.7 Å². The summed E-state index contributed by atoms with van der Waals surface area (Å²) in [7, 11) is -3.70. The molecule has 0 atom stereocenters. The average molecular weight is 382 g/mol. The molecule has 0 fully saturated rings. The Morgan fingerprint density at radius 2 is 1.95 bits per heavy atom. The summed E-state index contributed by atoms with van der Waals surface area (Å²) in [6, 6.07) is 3.03. The highest BCUT2D eigenvalue weighted by atomic mass is 79.9. The Hall–Kier alpha value is -1.28. The van der Waals surface area contributed by atoms with Gasteiger partial charge in [0.2, 0.25) is 0 Å². The molecular weight excluding hydrogens is 371 g/mol. The van der Waals surface area contributed by atoms with E-state index in [1.807, 2.05) is 0 Å². The van der Waals surface area contributed by atoms with Crippen LogP contribution in [0.4, 0.5) is 18.9 Å². The zero-order valence-electron chi connectivity index (χ0n) is 10.9. The summed E-state index contributed by atoms with van der Waals surface area (Å²) in [5.74, 6) is 0. The predicted molar refractivity (Wildman–Crippen MR) is 78.0 cm³/mol. The Morgan fingerprint density at radius 3 is 2.48 bits per heavy atom. The fraction of sp³-hybridized carbons (Fsp3) is 0.231. The van der Waals surface area contributed by atoms with Crippen LogP contribution in [0.25, 0.3) is 0 Å². The van der Waals surface area contributed by atoms with Crippen molar-refractivity contribution in [2.24, 2.45) is 0 Å². The lowest BCUT2D eigenvalue weighted by Gasteiger charge is -2.26. The van der Waals surface area contributed by atoms with E-state index >= 15 is 0 Å². The Morgan fingerprint density at radius 1 is 1.29 bits per heavy atom. The summed E-state index contributed by atoms with van der Waals surface area (Å²) in [6.45, 7) is 0.248. The molecular formula is C13H11BrF3NO2S. The lowest BCUT2D eigenvalue weighted by Crippen LogP contribution is -2.23. The van der Waals surface area contributed by atoms with Crippen molar-refractivity contribution in [3.05, 3.63) is 46.6 Å². The molecule has 0 spiro atoms. The summed E-state index contributed by atoms with van der Waals surface area (Å²) in [5, 5.41) is 0. The second kappa shape index (κ2) is 5.49. The van der Waals surface area contributed by atoms with Gasteiger partial charge in [-0.15, -0.1) is 0 Å². The van der Waals surface area contributed by atoms with Crippen molar-refractivity contribution >= 4 is 31.5 Å². The van der Waals surface area contributed by atoms with Gasteiger partial charge in [0.15, 0.2) is 9.84 Å². The van der Waals surface area contributed by atoms with Crippen LogP contribution in [0.3, 0.4) is 0 Å². The molecule has 3 nitrogen and oxygen atoms in total. The van der Waals surface area contributed by atoms with E-state index in [1.54, 1.807) is 12.2 Å². The summed E-state index contributed by atoms with van der Waals surface area (Å²) in [6.07, 6.45) is 1.09. The third-order valence-electron chi connectivity index (χ3n) is 2.88. The van der Waals surface area contributed by atoms with E-state index in [9.17, 15) is 21.6 Å². The number of allylic oxidation sites excluding steroid dienone is 2. The second-order valence-electron chi connectivity index (χ2n) is 4.53. The van der Waals surface area contributed by atoms with E-state index in [0.29, 0.717) is 6.07 Å². The van der Waals surface area contributed by atoms with Gasteiger partial charge in [0.1, 0.15) is 0 Å². The standard InChI is InChI=1S/C13H11BrF3NO2S/c1-21(19,20)10-4-5-12(11(7-10)13(15,16)17)18-6-2-3-9(14)8-18/h2-7H,8H2,1H3. The summed E-state index contributed by atoms with van der Waals surface area (Å²) < 4.78 is 63.2. The first-order valence-electron chi connectivity index (χ1n) is 5.80. The minimum atomic E-state index is -4.64. The van der Waals surface area contributed by atoms with E-state index in [2.05, 4.69) is 15.9 Å². The van der Waals surface area contributed by atoms with Gasteiger partial charge >= 0.3 is 6.18 Å². The third kappa shape index (κ3) is 3.68. The number of benzene rings is 1. The molecule has 1 aromatic carbocycles. The molecule has 1 aromatic rings. The van der Waals surface area contributed by atoms with Gasteiger partial charge < -0.3 is 4.90 Å². The monoisotopic (exact) mass is 381 g/mol. The molecule has 0 amide bonds. The molecule has 0 radical (unpaired) electrons.